The summed E-state index contributed by atoms with van der Waals surface area (Å²) < 4.78 is 37.6. The van der Waals surface area contributed by atoms with Gasteiger partial charge in [0.15, 0.2) is 0 Å². The molecule has 1 aromatic heterocycles. The standard InChI is InChI=1S/C16H15F3N4O2S/c1-2-9-3-5-11(6-4-9)23-8-10(7-12(23)24)13(25)20-15-22-21-14(26-15)16(17,18)19/h3-6,10H,2,7-8H2,1H3,(H,20,22,25). The van der Waals surface area contributed by atoms with E-state index in [2.05, 4.69) is 15.5 Å². The fourth-order valence-corrected chi connectivity index (χ4v) is 3.25. The number of alkyl halides is 3. The van der Waals surface area contributed by atoms with Crippen molar-refractivity contribution in [1.29, 1.82) is 0 Å². The first-order valence-corrected chi connectivity index (χ1v) is 8.70. The summed E-state index contributed by atoms with van der Waals surface area (Å²) in [6, 6.07) is 7.46. The third-order valence-corrected chi connectivity index (χ3v) is 4.93. The molecular weight excluding hydrogens is 369 g/mol. The van der Waals surface area contributed by atoms with Gasteiger partial charge in [0, 0.05) is 18.7 Å². The Bertz CT molecular complexity index is 820. The molecule has 1 aliphatic heterocycles. The Kier molecular flexibility index (Phi) is 4.94. The lowest BCUT2D eigenvalue weighted by atomic mass is 10.1. The van der Waals surface area contributed by atoms with Crippen molar-refractivity contribution in [2.24, 2.45) is 5.92 Å². The number of carbonyl (C=O) groups excluding carboxylic acids is 2. The van der Waals surface area contributed by atoms with E-state index in [1.165, 1.54) is 4.90 Å². The average Bonchev–Trinajstić information content (AvgIpc) is 3.21. The zero-order valence-corrected chi connectivity index (χ0v) is 14.5. The third kappa shape index (κ3) is 3.85. The Hall–Kier alpha value is -2.49. The van der Waals surface area contributed by atoms with E-state index in [1.54, 1.807) is 0 Å². The van der Waals surface area contributed by atoms with E-state index in [-0.39, 0.29) is 35.3 Å². The average molecular weight is 384 g/mol. The fraction of sp³-hybridized carbons (Fsp3) is 0.375. The molecule has 0 bridgehead atoms. The highest BCUT2D eigenvalue weighted by Gasteiger charge is 2.38. The number of amides is 2. The minimum atomic E-state index is -4.61. The van der Waals surface area contributed by atoms with Gasteiger partial charge >= 0.3 is 6.18 Å². The van der Waals surface area contributed by atoms with E-state index in [0.29, 0.717) is 5.69 Å². The number of halogens is 3. The molecule has 1 aromatic carbocycles. The minimum absolute atomic E-state index is 0.00764. The van der Waals surface area contributed by atoms with Gasteiger partial charge in [-0.25, -0.2) is 0 Å². The van der Waals surface area contributed by atoms with Crippen LogP contribution in [0, 0.1) is 5.92 Å². The van der Waals surface area contributed by atoms with E-state index in [1.807, 2.05) is 31.2 Å². The Morgan fingerprint density at radius 3 is 2.58 bits per heavy atom. The second-order valence-corrected chi connectivity index (χ2v) is 6.80. The Balaban J connectivity index is 1.65. The summed E-state index contributed by atoms with van der Waals surface area (Å²) in [6.07, 6.45) is -3.74. The van der Waals surface area contributed by atoms with Gasteiger partial charge in [0.1, 0.15) is 0 Å². The zero-order chi connectivity index (χ0) is 18.9. The van der Waals surface area contributed by atoms with Crippen LogP contribution in [0.1, 0.15) is 23.9 Å². The molecule has 1 saturated heterocycles. The lowest BCUT2D eigenvalue weighted by Gasteiger charge is -2.17. The van der Waals surface area contributed by atoms with E-state index in [0.717, 1.165) is 12.0 Å². The number of aromatic nitrogens is 2. The van der Waals surface area contributed by atoms with Crippen molar-refractivity contribution >= 4 is 34.0 Å². The molecule has 3 rings (SSSR count). The third-order valence-electron chi connectivity index (χ3n) is 4.05. The van der Waals surface area contributed by atoms with Crippen LogP contribution in [0.3, 0.4) is 0 Å². The van der Waals surface area contributed by atoms with Crippen LogP contribution in [-0.4, -0.2) is 28.6 Å². The first kappa shape index (κ1) is 18.3. The van der Waals surface area contributed by atoms with Crippen LogP contribution in [-0.2, 0) is 22.2 Å². The number of hydrogen-bond donors (Lipinski definition) is 1. The molecule has 138 valence electrons. The molecule has 10 heteroatoms. The van der Waals surface area contributed by atoms with Gasteiger partial charge < -0.3 is 10.2 Å². The van der Waals surface area contributed by atoms with Crippen molar-refractivity contribution in [3.05, 3.63) is 34.8 Å². The molecule has 2 aromatic rings. The first-order chi connectivity index (χ1) is 12.3. The summed E-state index contributed by atoms with van der Waals surface area (Å²) in [5.41, 5.74) is 1.82. The SMILES string of the molecule is CCc1ccc(N2CC(C(=O)Nc3nnc(C(F)(F)F)s3)CC2=O)cc1. The molecule has 1 unspecified atom stereocenters. The predicted molar refractivity (Wildman–Crippen MR) is 89.8 cm³/mol. The van der Waals surface area contributed by atoms with E-state index in [4.69, 9.17) is 0 Å². The maximum Gasteiger partial charge on any atom is 0.445 e. The molecule has 0 saturated carbocycles. The first-order valence-electron chi connectivity index (χ1n) is 7.88. The largest absolute Gasteiger partial charge is 0.445 e. The monoisotopic (exact) mass is 384 g/mol. The Morgan fingerprint density at radius 2 is 2.00 bits per heavy atom. The lowest BCUT2D eigenvalue weighted by molar-refractivity contribution is -0.138. The second kappa shape index (κ2) is 7.02. The lowest BCUT2D eigenvalue weighted by Crippen LogP contribution is -2.28. The number of nitrogens with one attached hydrogen (secondary N) is 1. The summed E-state index contributed by atoms with van der Waals surface area (Å²) in [4.78, 5) is 26.0. The van der Waals surface area contributed by atoms with Crippen LogP contribution in [0.5, 0.6) is 0 Å². The smallest absolute Gasteiger partial charge is 0.312 e. The van der Waals surface area contributed by atoms with Gasteiger partial charge in [0.25, 0.3) is 0 Å². The van der Waals surface area contributed by atoms with Crippen molar-refractivity contribution in [2.75, 3.05) is 16.8 Å². The van der Waals surface area contributed by atoms with E-state index in [9.17, 15) is 22.8 Å². The molecule has 0 radical (unpaired) electrons. The Labute approximate surface area is 151 Å². The van der Waals surface area contributed by atoms with Crippen molar-refractivity contribution in [3.63, 3.8) is 0 Å². The number of benzene rings is 1. The van der Waals surface area contributed by atoms with Crippen LogP contribution in [0.15, 0.2) is 24.3 Å². The quantitative estimate of drug-likeness (QED) is 0.879. The molecule has 1 aliphatic rings. The van der Waals surface area contributed by atoms with Gasteiger partial charge in [-0.2, -0.15) is 13.2 Å². The number of nitrogens with zero attached hydrogens (tertiary/aromatic N) is 3. The summed E-state index contributed by atoms with van der Waals surface area (Å²) in [5, 5.41) is 7.29. The van der Waals surface area contributed by atoms with Crippen LogP contribution >= 0.6 is 11.3 Å². The molecule has 1 fully saturated rings. The summed E-state index contributed by atoms with van der Waals surface area (Å²) >= 11 is 0.251. The highest BCUT2D eigenvalue weighted by molar-refractivity contribution is 7.15. The number of hydrogen-bond acceptors (Lipinski definition) is 5. The normalized spacial score (nSPS) is 17.6. The van der Waals surface area contributed by atoms with Gasteiger partial charge in [-0.3, -0.25) is 9.59 Å². The number of aryl methyl sites for hydroxylation is 1. The van der Waals surface area contributed by atoms with Gasteiger partial charge in [0.2, 0.25) is 22.0 Å². The molecule has 2 heterocycles. The highest BCUT2D eigenvalue weighted by atomic mass is 32.1. The van der Waals surface area contributed by atoms with Crippen LogP contribution < -0.4 is 10.2 Å². The molecule has 26 heavy (non-hydrogen) atoms. The van der Waals surface area contributed by atoms with Crippen molar-refractivity contribution in [3.8, 4) is 0 Å². The van der Waals surface area contributed by atoms with Crippen LogP contribution in [0.25, 0.3) is 0 Å². The van der Waals surface area contributed by atoms with Crippen LogP contribution in [0.4, 0.5) is 24.0 Å². The predicted octanol–water partition coefficient (Wildman–Crippen LogP) is 3.11. The van der Waals surface area contributed by atoms with E-state index < -0.39 is 23.0 Å². The molecule has 1 atom stereocenters. The zero-order valence-electron chi connectivity index (χ0n) is 13.7. The Morgan fingerprint density at radius 1 is 1.31 bits per heavy atom. The molecule has 2 amide bonds. The molecule has 6 nitrogen and oxygen atoms in total. The van der Waals surface area contributed by atoms with Gasteiger partial charge in [-0.15, -0.1) is 10.2 Å². The van der Waals surface area contributed by atoms with Crippen molar-refractivity contribution in [2.45, 2.75) is 25.9 Å². The summed E-state index contributed by atoms with van der Waals surface area (Å²) in [7, 11) is 0. The molecular formula is C16H15F3N4O2S. The molecule has 0 aliphatic carbocycles. The second-order valence-electron chi connectivity index (χ2n) is 5.82. The van der Waals surface area contributed by atoms with Crippen LogP contribution in [0.2, 0.25) is 0 Å². The summed E-state index contributed by atoms with van der Waals surface area (Å²) in [6.45, 7) is 2.19. The number of rotatable bonds is 4. The van der Waals surface area contributed by atoms with Crippen molar-refractivity contribution in [1.82, 2.24) is 10.2 Å². The van der Waals surface area contributed by atoms with Gasteiger partial charge in [-0.1, -0.05) is 30.4 Å². The maximum atomic E-state index is 12.5. The van der Waals surface area contributed by atoms with E-state index >= 15 is 0 Å². The fourth-order valence-electron chi connectivity index (χ4n) is 2.64. The molecule has 1 N–H and O–H groups in total. The topological polar surface area (TPSA) is 75.2 Å². The minimum Gasteiger partial charge on any atom is -0.312 e. The number of anilines is 2. The highest BCUT2D eigenvalue weighted by Crippen LogP contribution is 2.33. The number of carbonyl (C=O) groups is 2. The van der Waals surface area contributed by atoms with Gasteiger partial charge in [-0.05, 0) is 24.1 Å². The van der Waals surface area contributed by atoms with Crippen molar-refractivity contribution < 1.29 is 22.8 Å². The molecule has 0 spiro atoms. The van der Waals surface area contributed by atoms with Gasteiger partial charge in [0.05, 0.1) is 5.92 Å². The summed E-state index contributed by atoms with van der Waals surface area (Å²) in [5.74, 6) is -1.41. The maximum absolute atomic E-state index is 12.5.